The third-order valence-electron chi connectivity index (χ3n) is 15.9. The van der Waals surface area contributed by atoms with Gasteiger partial charge in [0.15, 0.2) is 0 Å². The van der Waals surface area contributed by atoms with Gasteiger partial charge in [-0.25, -0.2) is 9.37 Å². The Kier molecular flexibility index (Phi) is 14.8. The highest BCUT2D eigenvalue weighted by Crippen LogP contribution is 2.48. The molecule has 4 N–H and O–H groups in total. The minimum atomic E-state index is -1.08. The first-order valence-electron chi connectivity index (χ1n) is 27.1. The van der Waals surface area contributed by atoms with Crippen molar-refractivity contribution < 1.29 is 34.1 Å². The van der Waals surface area contributed by atoms with Gasteiger partial charge in [-0.3, -0.25) is 9.59 Å². The number of aromatic carboxylic acids is 1. The molecule has 5 heterocycles. The lowest BCUT2D eigenvalue weighted by Gasteiger charge is -2.35. The lowest BCUT2D eigenvalue weighted by atomic mass is 9.82. The highest BCUT2D eigenvalue weighted by atomic mass is 16.5. The largest absolute Gasteiger partial charge is 0.490 e. The van der Waals surface area contributed by atoms with Crippen molar-refractivity contribution in [1.29, 1.82) is 0 Å². The Hall–Kier alpha value is -7.71. The van der Waals surface area contributed by atoms with E-state index in [0.29, 0.717) is 22.6 Å². The predicted molar refractivity (Wildman–Crippen MR) is 294 cm³/mol. The van der Waals surface area contributed by atoms with Gasteiger partial charge in [0, 0.05) is 120 Å². The molecule has 1 atom stereocenters. The molecule has 0 spiro atoms. The molecule has 76 heavy (non-hydrogen) atoms. The highest BCUT2D eigenvalue weighted by Gasteiger charge is 2.36. The summed E-state index contributed by atoms with van der Waals surface area (Å²) in [5.41, 5.74) is 20.0. The third-order valence-corrected chi connectivity index (χ3v) is 15.9. The smallest absolute Gasteiger partial charge is 0.336 e. The number of ether oxygens (including phenoxy) is 2. The predicted octanol–water partition coefficient (Wildman–Crippen LogP) is 8.18. The summed E-state index contributed by atoms with van der Waals surface area (Å²) < 4.78 is 15.8. The van der Waals surface area contributed by atoms with Gasteiger partial charge in [-0.2, -0.15) is 0 Å². The summed E-state index contributed by atoms with van der Waals surface area (Å²) >= 11 is 0. The van der Waals surface area contributed by atoms with E-state index in [2.05, 4.69) is 42.3 Å². The molecule has 0 saturated carbocycles. The van der Waals surface area contributed by atoms with Crippen molar-refractivity contribution >= 4 is 45.5 Å². The van der Waals surface area contributed by atoms with E-state index >= 15 is 0 Å². The minimum absolute atomic E-state index is 0.0691. The van der Waals surface area contributed by atoms with E-state index in [1.54, 1.807) is 29.2 Å². The zero-order chi connectivity index (χ0) is 52.3. The van der Waals surface area contributed by atoms with Crippen LogP contribution < -0.4 is 40.2 Å². The van der Waals surface area contributed by atoms with E-state index in [0.717, 1.165) is 140 Å². The Morgan fingerprint density at radius 2 is 1.67 bits per heavy atom. The average molecular weight is 1020 g/mol. The maximum atomic E-state index is 14.4. The number of fused-ring (bicyclic) bond motifs is 5. The van der Waals surface area contributed by atoms with Gasteiger partial charge in [0.25, 0.3) is 5.91 Å². The number of aryl methyl sites for hydroxylation is 3. The zero-order valence-corrected chi connectivity index (χ0v) is 43.2. The van der Waals surface area contributed by atoms with Crippen LogP contribution in [0.2, 0.25) is 0 Å². The van der Waals surface area contributed by atoms with Crippen LogP contribution in [0.1, 0.15) is 110 Å². The highest BCUT2D eigenvalue weighted by molar-refractivity contribution is 6.03. The second-order valence-corrected chi connectivity index (χ2v) is 20.9. The Labute approximate surface area is 442 Å². The van der Waals surface area contributed by atoms with E-state index in [9.17, 15) is 30.1 Å². The van der Waals surface area contributed by atoms with Crippen molar-refractivity contribution in [3.63, 3.8) is 0 Å². The monoisotopic (exact) mass is 1020 g/mol. The van der Waals surface area contributed by atoms with E-state index in [1.807, 2.05) is 61.5 Å². The maximum absolute atomic E-state index is 14.4. The molecule has 0 aliphatic carbocycles. The summed E-state index contributed by atoms with van der Waals surface area (Å²) in [4.78, 5) is 49.1. The van der Waals surface area contributed by atoms with Crippen LogP contribution in [0, 0.1) is 6.92 Å². The molecule has 0 radical (unpaired) electrons. The van der Waals surface area contributed by atoms with Crippen LogP contribution in [-0.4, -0.2) is 98.0 Å². The zero-order valence-electron chi connectivity index (χ0n) is 43.2. The van der Waals surface area contributed by atoms with Crippen LogP contribution in [0.3, 0.4) is 0 Å². The number of amides is 2. The van der Waals surface area contributed by atoms with Gasteiger partial charge in [-0.15, -0.1) is 0 Å². The van der Waals surface area contributed by atoms with Gasteiger partial charge in [-0.1, -0.05) is 53.6 Å². The molecule has 390 valence electrons. The van der Waals surface area contributed by atoms with Crippen LogP contribution in [0.25, 0.3) is 26.8 Å². The lowest BCUT2D eigenvalue weighted by Crippen LogP contribution is -2.41. The van der Waals surface area contributed by atoms with Gasteiger partial charge < -0.3 is 40.1 Å². The van der Waals surface area contributed by atoms with Crippen LogP contribution in [0.4, 0.5) is 11.4 Å². The molecule has 5 aliphatic rings. The molecule has 0 unspecified atom stereocenters. The molecule has 6 aromatic carbocycles. The normalized spacial score (nSPS) is 15.6. The van der Waals surface area contributed by atoms with Crippen molar-refractivity contribution in [2.75, 3.05) is 63.9 Å². The first-order valence-corrected chi connectivity index (χ1v) is 27.1. The number of azide groups is 1. The lowest BCUT2D eigenvalue weighted by molar-refractivity contribution is -0.131. The summed E-state index contributed by atoms with van der Waals surface area (Å²) in [5, 5.41) is 36.0. The second kappa shape index (κ2) is 22.2. The van der Waals surface area contributed by atoms with Crippen LogP contribution in [0.5, 0.6) is 17.2 Å². The Bertz CT molecular complexity index is 3470. The average Bonchev–Trinajstić information content (AvgIpc) is 3.91. The van der Waals surface area contributed by atoms with E-state index in [4.69, 9.17) is 9.47 Å². The molecule has 11 rings (SSSR count). The number of nitrogens with zero attached hydrogens (tertiary/aromatic N) is 6. The number of hydrogen-bond acceptors (Lipinski definition) is 9. The van der Waals surface area contributed by atoms with Gasteiger partial charge in [0.2, 0.25) is 11.3 Å². The maximum Gasteiger partial charge on any atom is 0.336 e. The Morgan fingerprint density at radius 1 is 0.855 bits per heavy atom. The molecule has 2 amide bonds. The fourth-order valence-corrected chi connectivity index (χ4v) is 12.2. The molecule has 15 nitrogen and oxygen atoms in total. The fraction of sp³-hybridized carbons (Fsp3) is 0.377. The first-order chi connectivity index (χ1) is 37.1. The molecular formula is C61H65N8O7+. The number of carboxylic acids is 1. The van der Waals surface area contributed by atoms with E-state index in [1.165, 1.54) is 33.3 Å². The molecule has 0 bridgehead atoms. The Balaban J connectivity index is 0.867. The molecule has 0 aromatic heterocycles. The third kappa shape index (κ3) is 10.2. The van der Waals surface area contributed by atoms with Crippen LogP contribution >= 0.6 is 0 Å². The van der Waals surface area contributed by atoms with E-state index < -0.39 is 18.0 Å². The van der Waals surface area contributed by atoms with Gasteiger partial charge in [0.05, 0.1) is 11.1 Å². The standard InChI is InChI=1S/C61H64N8O7/c1-38-19-20-39(31-52(38)65-66-62)36-69(54(71)23-24-63-35-44(70)37-75-53-18-8-14-40-11-2-3-15-45(40)53)30-25-64-60(72)43-21-22-46(61(73)74)49(34-43)55-50-32-41-12-4-6-26-67-28-9-16-47(56(41)67)58(50)76-59-48-17-10-29-68-27-7-5-13-42(57(48)68)33-51(55)59/h2-3,8,11,14-15,18-22,31-34,44,63,70H,4-7,9-10,12-13,16-17,23-30,35-37H2,1H3,(H-,64,72,73,74)/p+1/t44-/m0/s1. The number of benzene rings is 6. The number of carbonyl (C=O) groups excluding carboxylic acids is 2. The number of aliphatic hydroxyl groups is 1. The van der Waals surface area contributed by atoms with Crippen molar-refractivity contribution in [2.24, 2.45) is 5.11 Å². The molecular weight excluding hydrogens is 957 g/mol. The topological polar surface area (TPSA) is 192 Å². The number of carbonyl (C=O) groups is 3. The number of nitrogens with one attached hydrogen (secondary N) is 2. The molecule has 5 aliphatic heterocycles. The van der Waals surface area contributed by atoms with Crippen molar-refractivity contribution in [3.05, 3.63) is 168 Å². The number of aliphatic hydroxyl groups excluding tert-OH is 1. The van der Waals surface area contributed by atoms with Gasteiger partial charge >= 0.3 is 5.97 Å². The second-order valence-electron chi connectivity index (χ2n) is 20.9. The van der Waals surface area contributed by atoms with Crippen molar-refractivity contribution in [1.82, 2.24) is 20.1 Å². The first kappa shape index (κ1) is 50.4. The van der Waals surface area contributed by atoms with Crippen LogP contribution in [-0.2, 0) is 37.0 Å². The number of hydrogen-bond donors (Lipinski definition) is 4. The molecule has 15 heteroatoms. The molecule has 6 aromatic rings. The fourth-order valence-electron chi connectivity index (χ4n) is 12.2. The molecule has 0 saturated heterocycles. The Morgan fingerprint density at radius 3 is 2.55 bits per heavy atom. The van der Waals surface area contributed by atoms with E-state index in [-0.39, 0.29) is 57.2 Å². The summed E-state index contributed by atoms with van der Waals surface area (Å²) in [7, 11) is 0. The van der Waals surface area contributed by atoms with Gasteiger partial charge in [-0.05, 0) is 134 Å². The minimum Gasteiger partial charge on any atom is -0.490 e. The quantitative estimate of drug-likeness (QED) is 0.0229. The SMILES string of the molecule is Cc1ccc(CN(CCNC(=O)c2ccc(C(=O)O)c(C3=c4cc5c6c(c4Oc4c3cc3c7c4CCCN7CCCC3)CCC[N+]=6CCCC5)c2)C(=O)CCNC[C@H](O)COc2cccc3ccccc23)cc1N=[N+]=[N-]. The molecule has 0 fully saturated rings. The number of rotatable bonds is 17. The number of anilines is 1. The summed E-state index contributed by atoms with van der Waals surface area (Å²) in [6.45, 7) is 6.86. The van der Waals surface area contributed by atoms with Crippen molar-refractivity contribution in [2.45, 2.75) is 90.2 Å². The van der Waals surface area contributed by atoms with Gasteiger partial charge in [0.1, 0.15) is 43.0 Å². The van der Waals surface area contributed by atoms with Crippen LogP contribution in [0.15, 0.2) is 96.1 Å². The summed E-state index contributed by atoms with van der Waals surface area (Å²) in [6, 6.07) is 28.6. The van der Waals surface area contributed by atoms with Crippen molar-refractivity contribution in [3.8, 4) is 17.2 Å². The summed E-state index contributed by atoms with van der Waals surface area (Å²) in [6.07, 6.45) is 9.20. The summed E-state index contributed by atoms with van der Waals surface area (Å²) in [5.74, 6) is 0.634. The number of carboxylic acid groups (broad SMARTS) is 1.